The third-order valence-electron chi connectivity index (χ3n) is 6.53. The van der Waals surface area contributed by atoms with Crippen molar-refractivity contribution in [2.24, 2.45) is 10.4 Å². The minimum absolute atomic E-state index is 0.265. The summed E-state index contributed by atoms with van der Waals surface area (Å²) >= 11 is 0. The molecule has 0 aromatic heterocycles. The SMILES string of the molecule is CCNC(=NCc1ccccc1CN1CCCC1=O)NCC1(CCOC)CCCC1. The van der Waals surface area contributed by atoms with Crippen molar-refractivity contribution in [2.45, 2.75) is 65.0 Å². The zero-order valence-corrected chi connectivity index (χ0v) is 18.7. The zero-order valence-electron chi connectivity index (χ0n) is 18.7. The molecule has 6 nitrogen and oxygen atoms in total. The van der Waals surface area contributed by atoms with Gasteiger partial charge in [0.25, 0.3) is 0 Å². The van der Waals surface area contributed by atoms with Crippen LogP contribution in [0.1, 0.15) is 63.0 Å². The van der Waals surface area contributed by atoms with Gasteiger partial charge in [-0.3, -0.25) is 4.79 Å². The van der Waals surface area contributed by atoms with E-state index in [1.54, 1.807) is 7.11 Å². The van der Waals surface area contributed by atoms with Crippen molar-refractivity contribution >= 4 is 11.9 Å². The number of rotatable bonds is 10. The molecule has 1 heterocycles. The number of hydrogen-bond acceptors (Lipinski definition) is 3. The smallest absolute Gasteiger partial charge is 0.222 e. The molecule has 6 heteroatoms. The lowest BCUT2D eigenvalue weighted by molar-refractivity contribution is -0.128. The van der Waals surface area contributed by atoms with Gasteiger partial charge in [0.2, 0.25) is 5.91 Å². The molecule has 1 aliphatic heterocycles. The maximum atomic E-state index is 12.0. The average Bonchev–Trinajstić information content (AvgIpc) is 3.39. The number of nitrogens with zero attached hydrogens (tertiary/aromatic N) is 2. The Bertz CT molecular complexity index is 713. The molecule has 1 aromatic carbocycles. The third kappa shape index (κ3) is 6.21. The molecule has 1 aliphatic carbocycles. The normalized spacial score (nSPS) is 18.8. The number of guanidine groups is 1. The maximum Gasteiger partial charge on any atom is 0.222 e. The maximum absolute atomic E-state index is 12.0. The second kappa shape index (κ2) is 11.3. The highest BCUT2D eigenvalue weighted by Crippen LogP contribution is 2.40. The third-order valence-corrected chi connectivity index (χ3v) is 6.53. The minimum atomic E-state index is 0.265. The summed E-state index contributed by atoms with van der Waals surface area (Å²) in [6.07, 6.45) is 7.88. The van der Waals surface area contributed by atoms with Gasteiger partial charge in [-0.25, -0.2) is 4.99 Å². The van der Waals surface area contributed by atoms with Gasteiger partial charge in [0.05, 0.1) is 6.54 Å². The summed E-state index contributed by atoms with van der Waals surface area (Å²) in [7, 11) is 1.79. The van der Waals surface area contributed by atoms with E-state index in [-0.39, 0.29) is 5.91 Å². The number of carbonyl (C=O) groups excluding carboxylic acids is 1. The molecule has 0 atom stereocenters. The summed E-state index contributed by atoms with van der Waals surface area (Å²) < 4.78 is 5.36. The molecule has 3 rings (SSSR count). The van der Waals surface area contributed by atoms with Crippen LogP contribution in [-0.2, 0) is 22.6 Å². The number of hydrogen-bond donors (Lipinski definition) is 2. The summed E-state index contributed by atoms with van der Waals surface area (Å²) in [6.45, 7) is 6.85. The van der Waals surface area contributed by atoms with Gasteiger partial charge in [-0.15, -0.1) is 0 Å². The fourth-order valence-electron chi connectivity index (χ4n) is 4.68. The first-order valence-corrected chi connectivity index (χ1v) is 11.5. The van der Waals surface area contributed by atoms with Crippen molar-refractivity contribution in [3.05, 3.63) is 35.4 Å². The average molecular weight is 415 g/mol. The molecule has 0 bridgehead atoms. The van der Waals surface area contributed by atoms with Crippen LogP contribution < -0.4 is 10.6 Å². The van der Waals surface area contributed by atoms with Gasteiger partial charge in [-0.05, 0) is 49.1 Å². The van der Waals surface area contributed by atoms with Crippen molar-refractivity contribution in [1.29, 1.82) is 0 Å². The molecule has 2 N–H and O–H groups in total. The number of likely N-dealkylation sites (tertiary alicyclic amines) is 1. The Morgan fingerprint density at radius 2 is 1.93 bits per heavy atom. The molecule has 166 valence electrons. The van der Waals surface area contributed by atoms with E-state index >= 15 is 0 Å². The van der Waals surface area contributed by atoms with Gasteiger partial charge in [0.15, 0.2) is 5.96 Å². The quantitative estimate of drug-likeness (QED) is 0.455. The topological polar surface area (TPSA) is 66.0 Å². The molecule has 1 aromatic rings. The summed E-state index contributed by atoms with van der Waals surface area (Å²) in [5.41, 5.74) is 2.70. The van der Waals surface area contributed by atoms with Crippen molar-refractivity contribution in [3.63, 3.8) is 0 Å². The van der Waals surface area contributed by atoms with E-state index in [0.717, 1.165) is 45.0 Å². The lowest BCUT2D eigenvalue weighted by Crippen LogP contribution is -2.43. The Kier molecular flexibility index (Phi) is 8.55. The number of methoxy groups -OCH3 is 1. The van der Waals surface area contributed by atoms with Crippen LogP contribution in [-0.4, -0.2) is 50.1 Å². The fraction of sp³-hybridized carbons (Fsp3) is 0.667. The Morgan fingerprint density at radius 1 is 1.17 bits per heavy atom. The summed E-state index contributed by atoms with van der Waals surface area (Å²) in [4.78, 5) is 18.9. The molecule has 1 saturated heterocycles. The Balaban J connectivity index is 1.64. The van der Waals surface area contributed by atoms with Crippen LogP contribution in [0.2, 0.25) is 0 Å². The monoisotopic (exact) mass is 414 g/mol. The number of amides is 1. The van der Waals surface area contributed by atoms with E-state index in [1.165, 1.54) is 36.8 Å². The highest BCUT2D eigenvalue weighted by molar-refractivity contribution is 5.80. The molecule has 0 unspecified atom stereocenters. The predicted molar refractivity (Wildman–Crippen MR) is 121 cm³/mol. The van der Waals surface area contributed by atoms with E-state index in [0.29, 0.717) is 24.9 Å². The van der Waals surface area contributed by atoms with Crippen molar-refractivity contribution in [3.8, 4) is 0 Å². The number of nitrogens with one attached hydrogen (secondary N) is 2. The van der Waals surface area contributed by atoms with Gasteiger partial charge in [0.1, 0.15) is 0 Å². The largest absolute Gasteiger partial charge is 0.385 e. The van der Waals surface area contributed by atoms with Crippen LogP contribution in [0.5, 0.6) is 0 Å². The first-order chi connectivity index (χ1) is 14.7. The van der Waals surface area contributed by atoms with Gasteiger partial charge >= 0.3 is 0 Å². The molecule has 2 aliphatic rings. The molecule has 0 radical (unpaired) electrons. The number of aliphatic imine (C=N–C) groups is 1. The van der Waals surface area contributed by atoms with Crippen LogP contribution in [0, 0.1) is 5.41 Å². The minimum Gasteiger partial charge on any atom is -0.385 e. The lowest BCUT2D eigenvalue weighted by Gasteiger charge is -2.30. The first kappa shape index (κ1) is 22.6. The molecule has 1 amide bonds. The van der Waals surface area contributed by atoms with E-state index in [4.69, 9.17) is 9.73 Å². The van der Waals surface area contributed by atoms with Gasteiger partial charge < -0.3 is 20.3 Å². The summed E-state index contributed by atoms with van der Waals surface area (Å²) in [5, 5.41) is 6.99. The molecule has 30 heavy (non-hydrogen) atoms. The van der Waals surface area contributed by atoms with Gasteiger partial charge in [-0.1, -0.05) is 37.1 Å². The zero-order chi connectivity index (χ0) is 21.2. The number of carbonyl (C=O) groups is 1. The van der Waals surface area contributed by atoms with E-state index < -0.39 is 0 Å². The Morgan fingerprint density at radius 3 is 2.60 bits per heavy atom. The van der Waals surface area contributed by atoms with Crippen LogP contribution in [0.15, 0.2) is 29.3 Å². The van der Waals surface area contributed by atoms with E-state index in [1.807, 2.05) is 11.0 Å². The predicted octanol–water partition coefficient (Wildman–Crippen LogP) is 3.46. The molecule has 0 spiro atoms. The summed E-state index contributed by atoms with van der Waals surface area (Å²) in [6, 6.07) is 8.35. The molecular weight excluding hydrogens is 376 g/mol. The van der Waals surface area contributed by atoms with Gasteiger partial charge in [0, 0.05) is 46.3 Å². The van der Waals surface area contributed by atoms with Crippen LogP contribution in [0.25, 0.3) is 0 Å². The molecule has 2 fully saturated rings. The van der Waals surface area contributed by atoms with Crippen molar-refractivity contribution in [1.82, 2.24) is 15.5 Å². The second-order valence-corrected chi connectivity index (χ2v) is 8.69. The summed E-state index contributed by atoms with van der Waals surface area (Å²) in [5.74, 6) is 1.13. The van der Waals surface area contributed by atoms with Crippen LogP contribution >= 0.6 is 0 Å². The molecule has 1 saturated carbocycles. The number of ether oxygens (including phenoxy) is 1. The van der Waals surface area contributed by atoms with E-state index in [2.05, 4.69) is 35.8 Å². The lowest BCUT2D eigenvalue weighted by atomic mass is 9.83. The first-order valence-electron chi connectivity index (χ1n) is 11.5. The van der Waals surface area contributed by atoms with E-state index in [9.17, 15) is 4.79 Å². The Labute approximate surface area is 181 Å². The van der Waals surface area contributed by atoms with Crippen molar-refractivity contribution in [2.75, 3.05) is 33.4 Å². The number of benzene rings is 1. The Hall–Kier alpha value is -2.08. The van der Waals surface area contributed by atoms with Crippen molar-refractivity contribution < 1.29 is 9.53 Å². The highest BCUT2D eigenvalue weighted by atomic mass is 16.5. The molecular formula is C24H38N4O2. The highest BCUT2D eigenvalue weighted by Gasteiger charge is 2.33. The van der Waals surface area contributed by atoms with Crippen LogP contribution in [0.3, 0.4) is 0 Å². The van der Waals surface area contributed by atoms with Gasteiger partial charge in [-0.2, -0.15) is 0 Å². The second-order valence-electron chi connectivity index (χ2n) is 8.69. The standard InChI is InChI=1S/C24H38N4O2/c1-3-25-23(27-19-24(14-16-30-2)12-6-7-13-24)26-17-20-9-4-5-10-21(20)18-28-15-8-11-22(28)29/h4-5,9-10H,3,6-8,11-19H2,1-2H3,(H2,25,26,27). The van der Waals surface area contributed by atoms with Crippen LogP contribution in [0.4, 0.5) is 0 Å². The fourth-order valence-corrected chi connectivity index (χ4v) is 4.68.